The quantitative estimate of drug-likeness (QED) is 0.871. The first-order chi connectivity index (χ1) is 8.76. The lowest BCUT2D eigenvalue weighted by molar-refractivity contribution is 0.414. The van der Waals surface area contributed by atoms with Crippen molar-refractivity contribution in [2.45, 2.75) is 12.5 Å². The molecule has 0 radical (unpaired) electrons. The van der Waals surface area contributed by atoms with Crippen LogP contribution in [-0.4, -0.2) is 7.11 Å². The Labute approximate surface area is 105 Å². The van der Waals surface area contributed by atoms with Crippen LogP contribution in [0.3, 0.4) is 0 Å². The van der Waals surface area contributed by atoms with Crippen LogP contribution in [0.4, 0.5) is 10.1 Å². The monoisotopic (exact) mass is 243 g/mol. The number of ether oxygens (including phenoxy) is 1. The molecule has 1 heterocycles. The number of rotatable bonds is 2. The third-order valence-electron chi connectivity index (χ3n) is 3.34. The van der Waals surface area contributed by atoms with Crippen molar-refractivity contribution in [3.8, 4) is 5.75 Å². The van der Waals surface area contributed by atoms with Gasteiger partial charge in [0.25, 0.3) is 0 Å². The van der Waals surface area contributed by atoms with Gasteiger partial charge in [0, 0.05) is 5.69 Å². The summed E-state index contributed by atoms with van der Waals surface area (Å²) in [6.45, 7) is 0. The van der Waals surface area contributed by atoms with Crippen molar-refractivity contribution in [1.29, 1.82) is 0 Å². The Kier molecular flexibility index (Phi) is 2.67. The Morgan fingerprint density at radius 2 is 1.94 bits per heavy atom. The zero-order valence-electron chi connectivity index (χ0n) is 10.1. The molecule has 3 heteroatoms. The van der Waals surface area contributed by atoms with Gasteiger partial charge in [0.15, 0.2) is 0 Å². The fourth-order valence-corrected chi connectivity index (χ4v) is 2.36. The summed E-state index contributed by atoms with van der Waals surface area (Å²) in [6.07, 6.45) is 0.891. The van der Waals surface area contributed by atoms with Crippen LogP contribution in [0.15, 0.2) is 42.5 Å². The number of halogens is 1. The van der Waals surface area contributed by atoms with E-state index in [9.17, 15) is 4.39 Å². The van der Waals surface area contributed by atoms with E-state index in [1.165, 1.54) is 11.6 Å². The average molecular weight is 243 g/mol. The van der Waals surface area contributed by atoms with Crippen molar-refractivity contribution in [2.75, 3.05) is 12.4 Å². The predicted octanol–water partition coefficient (Wildman–Crippen LogP) is 3.54. The summed E-state index contributed by atoms with van der Waals surface area (Å²) in [5.41, 5.74) is 3.25. The molecule has 0 amide bonds. The van der Waals surface area contributed by atoms with Gasteiger partial charge in [0.2, 0.25) is 0 Å². The molecule has 2 aromatic rings. The first kappa shape index (κ1) is 11.1. The number of nitrogens with one attached hydrogen (secondary N) is 1. The molecule has 0 bridgehead atoms. The topological polar surface area (TPSA) is 21.3 Å². The van der Waals surface area contributed by atoms with Gasteiger partial charge in [-0.2, -0.15) is 0 Å². The fraction of sp³-hybridized carbons (Fsp3) is 0.200. The Bertz CT molecular complexity index is 565. The number of methoxy groups -OCH3 is 1. The van der Waals surface area contributed by atoms with Gasteiger partial charge in [-0.25, -0.2) is 4.39 Å². The van der Waals surface area contributed by atoms with Crippen molar-refractivity contribution in [2.24, 2.45) is 0 Å². The van der Waals surface area contributed by atoms with Crippen LogP contribution in [0.5, 0.6) is 5.75 Å². The van der Waals surface area contributed by atoms with Gasteiger partial charge in [0.05, 0.1) is 13.2 Å². The molecular weight excluding hydrogens is 229 g/mol. The zero-order valence-corrected chi connectivity index (χ0v) is 10.1. The van der Waals surface area contributed by atoms with Crippen molar-refractivity contribution >= 4 is 5.69 Å². The van der Waals surface area contributed by atoms with Crippen LogP contribution in [-0.2, 0) is 6.42 Å². The second-order valence-electron chi connectivity index (χ2n) is 4.48. The number of hydrogen-bond donors (Lipinski definition) is 1. The Morgan fingerprint density at radius 1 is 1.17 bits per heavy atom. The molecule has 1 aliphatic heterocycles. The van der Waals surface area contributed by atoms with Gasteiger partial charge in [-0.15, -0.1) is 0 Å². The standard InChI is InChI=1S/C15H14FNO/c1-18-13-6-3-10(4-7-13)14-8-11-2-5-12(16)9-15(11)17-14/h2-7,9,14,17H,8H2,1H3. The lowest BCUT2D eigenvalue weighted by Gasteiger charge is -2.12. The minimum absolute atomic E-state index is 0.198. The van der Waals surface area contributed by atoms with E-state index >= 15 is 0 Å². The molecular formula is C15H14FNO. The number of benzene rings is 2. The third-order valence-corrected chi connectivity index (χ3v) is 3.34. The minimum Gasteiger partial charge on any atom is -0.497 e. The second kappa shape index (κ2) is 4.33. The second-order valence-corrected chi connectivity index (χ2v) is 4.48. The predicted molar refractivity (Wildman–Crippen MR) is 69.5 cm³/mol. The molecule has 1 N–H and O–H groups in total. The summed E-state index contributed by atoms with van der Waals surface area (Å²) in [4.78, 5) is 0. The van der Waals surface area contributed by atoms with Crippen LogP contribution in [0, 0.1) is 5.82 Å². The van der Waals surface area contributed by atoms with Crippen LogP contribution < -0.4 is 10.1 Å². The smallest absolute Gasteiger partial charge is 0.125 e. The summed E-state index contributed by atoms with van der Waals surface area (Å²) in [5, 5.41) is 3.35. The highest BCUT2D eigenvalue weighted by molar-refractivity contribution is 5.58. The molecule has 1 atom stereocenters. The van der Waals surface area contributed by atoms with Gasteiger partial charge < -0.3 is 10.1 Å². The van der Waals surface area contributed by atoms with E-state index in [1.807, 2.05) is 30.3 Å². The molecule has 2 aromatic carbocycles. The van der Waals surface area contributed by atoms with Crippen LogP contribution in [0.2, 0.25) is 0 Å². The lowest BCUT2D eigenvalue weighted by atomic mass is 10.0. The van der Waals surface area contributed by atoms with E-state index in [1.54, 1.807) is 13.2 Å². The molecule has 0 saturated carbocycles. The highest BCUT2D eigenvalue weighted by Gasteiger charge is 2.22. The maximum absolute atomic E-state index is 13.1. The Balaban J connectivity index is 1.84. The van der Waals surface area contributed by atoms with E-state index in [4.69, 9.17) is 4.74 Å². The van der Waals surface area contributed by atoms with E-state index < -0.39 is 0 Å². The first-order valence-electron chi connectivity index (χ1n) is 5.95. The van der Waals surface area contributed by atoms with E-state index in [-0.39, 0.29) is 11.9 Å². The van der Waals surface area contributed by atoms with Gasteiger partial charge in [-0.3, -0.25) is 0 Å². The van der Waals surface area contributed by atoms with Crippen molar-refractivity contribution in [3.63, 3.8) is 0 Å². The highest BCUT2D eigenvalue weighted by atomic mass is 19.1. The molecule has 0 aromatic heterocycles. The van der Waals surface area contributed by atoms with Gasteiger partial charge >= 0.3 is 0 Å². The highest BCUT2D eigenvalue weighted by Crippen LogP contribution is 2.34. The molecule has 0 aliphatic carbocycles. The summed E-state index contributed by atoms with van der Waals surface area (Å²) < 4.78 is 18.3. The lowest BCUT2D eigenvalue weighted by Crippen LogP contribution is -2.05. The van der Waals surface area contributed by atoms with E-state index in [0.29, 0.717) is 0 Å². The number of hydrogen-bond acceptors (Lipinski definition) is 2. The van der Waals surface area contributed by atoms with Crippen molar-refractivity contribution in [1.82, 2.24) is 0 Å². The summed E-state index contributed by atoms with van der Waals surface area (Å²) in [6, 6.07) is 13.1. The van der Waals surface area contributed by atoms with Crippen molar-refractivity contribution < 1.29 is 9.13 Å². The van der Waals surface area contributed by atoms with Gasteiger partial charge in [-0.1, -0.05) is 18.2 Å². The zero-order chi connectivity index (χ0) is 12.5. The fourth-order valence-electron chi connectivity index (χ4n) is 2.36. The first-order valence-corrected chi connectivity index (χ1v) is 5.95. The maximum Gasteiger partial charge on any atom is 0.125 e. The third kappa shape index (κ3) is 1.92. The summed E-state index contributed by atoms with van der Waals surface area (Å²) >= 11 is 0. The molecule has 0 spiro atoms. The Hall–Kier alpha value is -2.03. The van der Waals surface area contributed by atoms with Gasteiger partial charge in [-0.05, 0) is 41.8 Å². The molecule has 0 saturated heterocycles. The molecule has 1 aliphatic rings. The molecule has 1 unspecified atom stereocenters. The molecule has 18 heavy (non-hydrogen) atoms. The molecule has 92 valence electrons. The summed E-state index contributed by atoms with van der Waals surface area (Å²) in [7, 11) is 1.65. The Morgan fingerprint density at radius 3 is 2.67 bits per heavy atom. The van der Waals surface area contributed by atoms with Crippen LogP contribution in [0.25, 0.3) is 0 Å². The SMILES string of the molecule is COc1ccc(C2Cc3ccc(F)cc3N2)cc1. The number of fused-ring (bicyclic) bond motifs is 1. The van der Waals surface area contributed by atoms with Crippen LogP contribution in [0.1, 0.15) is 17.2 Å². The van der Waals surface area contributed by atoms with E-state index in [2.05, 4.69) is 5.32 Å². The maximum atomic E-state index is 13.1. The summed E-state index contributed by atoms with van der Waals surface area (Å²) in [5.74, 6) is 0.650. The number of anilines is 1. The van der Waals surface area contributed by atoms with Crippen LogP contribution >= 0.6 is 0 Å². The van der Waals surface area contributed by atoms with Gasteiger partial charge in [0.1, 0.15) is 11.6 Å². The van der Waals surface area contributed by atoms with E-state index in [0.717, 1.165) is 23.4 Å². The minimum atomic E-state index is -0.198. The average Bonchev–Trinajstić information content (AvgIpc) is 2.81. The molecule has 2 nitrogen and oxygen atoms in total. The normalized spacial score (nSPS) is 17.1. The molecule has 0 fully saturated rings. The van der Waals surface area contributed by atoms with Crippen molar-refractivity contribution in [3.05, 3.63) is 59.4 Å². The largest absolute Gasteiger partial charge is 0.497 e. The molecule has 3 rings (SSSR count).